The summed E-state index contributed by atoms with van der Waals surface area (Å²) in [6.07, 6.45) is 0. The van der Waals surface area contributed by atoms with Crippen LogP contribution in [-0.2, 0) is 9.53 Å². The van der Waals surface area contributed by atoms with Crippen LogP contribution in [0.5, 0.6) is 0 Å². The van der Waals surface area contributed by atoms with Gasteiger partial charge in [-0.15, -0.1) is 0 Å². The number of rotatable bonds is 4. The number of ether oxygens (including phenoxy) is 1. The molecule has 1 aromatic carbocycles. The Morgan fingerprint density at radius 3 is 2.62 bits per heavy atom. The number of esters is 1. The van der Waals surface area contributed by atoms with Crippen LogP contribution < -0.4 is 0 Å². The highest BCUT2D eigenvalue weighted by Crippen LogP contribution is 2.19. The third-order valence-electron chi connectivity index (χ3n) is 1.91. The normalized spacial score (nSPS) is 11.9. The van der Waals surface area contributed by atoms with E-state index in [9.17, 15) is 4.79 Å². The van der Waals surface area contributed by atoms with Crippen LogP contribution in [-0.4, -0.2) is 22.0 Å². The number of thioether (sulfide) groups is 1. The molecule has 86 valence electrons. The van der Waals surface area contributed by atoms with Crippen molar-refractivity contribution in [3.05, 3.63) is 35.9 Å². The zero-order valence-electron chi connectivity index (χ0n) is 9.30. The van der Waals surface area contributed by atoms with Crippen LogP contribution in [0.3, 0.4) is 0 Å². The number of hydrogen-bond donors (Lipinski definition) is 0. The Morgan fingerprint density at radius 1 is 1.44 bits per heavy atom. The van der Waals surface area contributed by atoms with Crippen molar-refractivity contribution in [3.8, 4) is 0 Å². The highest BCUT2D eigenvalue weighted by atomic mass is 32.2. The fourth-order valence-corrected chi connectivity index (χ4v) is 2.44. The van der Waals surface area contributed by atoms with Crippen LogP contribution in [0.1, 0.15) is 19.4 Å². The molecule has 0 bridgehead atoms. The van der Waals surface area contributed by atoms with Gasteiger partial charge >= 0.3 is 5.97 Å². The van der Waals surface area contributed by atoms with Gasteiger partial charge in [0, 0.05) is 0 Å². The van der Waals surface area contributed by atoms with E-state index in [0.717, 1.165) is 9.76 Å². The first kappa shape index (κ1) is 13.2. The van der Waals surface area contributed by atoms with Gasteiger partial charge in [-0.05, 0) is 19.4 Å². The van der Waals surface area contributed by atoms with Crippen molar-refractivity contribution < 1.29 is 9.53 Å². The van der Waals surface area contributed by atoms with Gasteiger partial charge in [0.25, 0.3) is 0 Å². The molecule has 2 nitrogen and oxygen atoms in total. The van der Waals surface area contributed by atoms with Crippen LogP contribution in [0.25, 0.3) is 0 Å². The van der Waals surface area contributed by atoms with Gasteiger partial charge in [0.1, 0.15) is 5.25 Å². The van der Waals surface area contributed by atoms with Gasteiger partial charge in [0.05, 0.1) is 10.8 Å². The lowest BCUT2D eigenvalue weighted by molar-refractivity contribution is -0.142. The Hall–Kier alpha value is -0.870. The lowest BCUT2D eigenvalue weighted by Gasteiger charge is -2.10. The standard InChI is InChI=1S/C12H14O2S2/c1-3-14-11(13)9(2)16-12(15)10-7-5-4-6-8-10/h4-9H,3H2,1-2H3. The molecule has 0 aromatic heterocycles. The lowest BCUT2D eigenvalue weighted by Crippen LogP contribution is -2.18. The van der Waals surface area contributed by atoms with E-state index in [1.165, 1.54) is 11.8 Å². The van der Waals surface area contributed by atoms with Crippen molar-refractivity contribution in [2.24, 2.45) is 0 Å². The minimum absolute atomic E-state index is 0.217. The van der Waals surface area contributed by atoms with Gasteiger partial charge in [-0.2, -0.15) is 0 Å². The molecule has 0 N–H and O–H groups in total. The van der Waals surface area contributed by atoms with Crippen LogP contribution in [0.4, 0.5) is 0 Å². The highest BCUT2D eigenvalue weighted by molar-refractivity contribution is 8.24. The van der Waals surface area contributed by atoms with Crippen LogP contribution >= 0.6 is 24.0 Å². The van der Waals surface area contributed by atoms with E-state index in [0.29, 0.717) is 6.61 Å². The Balaban J connectivity index is 2.55. The number of thiocarbonyl (C=S) groups is 1. The fraction of sp³-hybridized carbons (Fsp3) is 0.333. The second kappa shape index (κ2) is 6.66. The summed E-state index contributed by atoms with van der Waals surface area (Å²) in [5.41, 5.74) is 0.971. The van der Waals surface area contributed by atoms with Crippen LogP contribution in [0, 0.1) is 0 Å². The van der Waals surface area contributed by atoms with Gasteiger partial charge in [0.15, 0.2) is 0 Å². The predicted molar refractivity (Wildman–Crippen MR) is 71.8 cm³/mol. The average molecular weight is 254 g/mol. The molecule has 0 spiro atoms. The summed E-state index contributed by atoms with van der Waals surface area (Å²) in [6.45, 7) is 4.00. The number of benzene rings is 1. The molecule has 1 unspecified atom stereocenters. The topological polar surface area (TPSA) is 26.3 Å². The van der Waals surface area contributed by atoms with Crippen molar-refractivity contribution in [2.45, 2.75) is 19.1 Å². The summed E-state index contributed by atoms with van der Waals surface area (Å²) >= 11 is 6.61. The maximum absolute atomic E-state index is 11.4. The first-order valence-electron chi connectivity index (χ1n) is 5.07. The summed E-state index contributed by atoms with van der Waals surface area (Å²) in [7, 11) is 0. The van der Waals surface area contributed by atoms with E-state index in [4.69, 9.17) is 17.0 Å². The van der Waals surface area contributed by atoms with E-state index >= 15 is 0 Å². The first-order chi connectivity index (χ1) is 7.65. The molecule has 1 rings (SSSR count). The molecule has 0 heterocycles. The van der Waals surface area contributed by atoms with Crippen molar-refractivity contribution in [1.82, 2.24) is 0 Å². The zero-order chi connectivity index (χ0) is 12.0. The molecule has 0 saturated carbocycles. The van der Waals surface area contributed by atoms with E-state index in [2.05, 4.69) is 0 Å². The van der Waals surface area contributed by atoms with Crippen LogP contribution in [0.2, 0.25) is 0 Å². The third kappa shape index (κ3) is 3.94. The average Bonchev–Trinajstić information content (AvgIpc) is 2.30. The quantitative estimate of drug-likeness (QED) is 0.609. The van der Waals surface area contributed by atoms with Crippen molar-refractivity contribution in [2.75, 3.05) is 6.61 Å². The number of carbonyl (C=O) groups is 1. The largest absolute Gasteiger partial charge is 0.465 e. The van der Waals surface area contributed by atoms with Gasteiger partial charge in [0.2, 0.25) is 0 Å². The molecule has 0 aliphatic rings. The summed E-state index contributed by atoms with van der Waals surface area (Å²) in [5.74, 6) is -0.217. The Morgan fingerprint density at radius 2 is 2.06 bits per heavy atom. The molecule has 16 heavy (non-hydrogen) atoms. The van der Waals surface area contributed by atoms with E-state index in [1.807, 2.05) is 30.3 Å². The number of hydrogen-bond acceptors (Lipinski definition) is 4. The lowest BCUT2D eigenvalue weighted by atomic mass is 10.2. The summed E-state index contributed by atoms with van der Waals surface area (Å²) in [4.78, 5) is 11.4. The third-order valence-corrected chi connectivity index (χ3v) is 3.43. The smallest absolute Gasteiger partial charge is 0.319 e. The van der Waals surface area contributed by atoms with Crippen LogP contribution in [0.15, 0.2) is 30.3 Å². The van der Waals surface area contributed by atoms with Gasteiger partial charge in [-0.1, -0.05) is 54.3 Å². The molecule has 0 fully saturated rings. The number of carbonyl (C=O) groups excluding carboxylic acids is 1. The molecular formula is C12H14O2S2. The molecule has 4 heteroatoms. The Bertz CT molecular complexity index is 363. The Kier molecular flexibility index (Phi) is 5.49. The zero-order valence-corrected chi connectivity index (χ0v) is 10.9. The highest BCUT2D eigenvalue weighted by Gasteiger charge is 2.17. The Labute approximate surface area is 105 Å². The van der Waals surface area contributed by atoms with Crippen molar-refractivity contribution >= 4 is 34.1 Å². The monoisotopic (exact) mass is 254 g/mol. The molecular weight excluding hydrogens is 240 g/mol. The van der Waals surface area contributed by atoms with Crippen molar-refractivity contribution in [3.63, 3.8) is 0 Å². The second-order valence-electron chi connectivity index (χ2n) is 3.17. The minimum atomic E-state index is -0.257. The SMILES string of the molecule is CCOC(=O)C(C)SC(=S)c1ccccc1. The summed E-state index contributed by atoms with van der Waals surface area (Å²) in [6, 6.07) is 9.67. The van der Waals surface area contributed by atoms with Crippen molar-refractivity contribution in [1.29, 1.82) is 0 Å². The fourth-order valence-electron chi connectivity index (χ4n) is 1.11. The second-order valence-corrected chi connectivity index (χ2v) is 5.18. The summed E-state index contributed by atoms with van der Waals surface area (Å²) in [5, 5.41) is -0.257. The van der Waals surface area contributed by atoms with Gasteiger partial charge in [-0.25, -0.2) is 0 Å². The van der Waals surface area contributed by atoms with E-state index in [-0.39, 0.29) is 11.2 Å². The molecule has 0 saturated heterocycles. The summed E-state index contributed by atoms with van der Waals surface area (Å²) < 4.78 is 5.64. The molecule has 0 amide bonds. The molecule has 0 radical (unpaired) electrons. The van der Waals surface area contributed by atoms with E-state index < -0.39 is 0 Å². The molecule has 1 atom stereocenters. The van der Waals surface area contributed by atoms with E-state index in [1.54, 1.807) is 13.8 Å². The molecule has 1 aromatic rings. The first-order valence-corrected chi connectivity index (χ1v) is 6.36. The maximum atomic E-state index is 11.4. The van der Waals surface area contributed by atoms with Gasteiger partial charge in [-0.3, -0.25) is 4.79 Å². The molecule has 0 aliphatic carbocycles. The maximum Gasteiger partial charge on any atom is 0.319 e. The predicted octanol–water partition coefficient (Wildman–Crippen LogP) is 3.05. The molecule has 0 aliphatic heterocycles. The van der Waals surface area contributed by atoms with Gasteiger partial charge < -0.3 is 4.74 Å². The minimum Gasteiger partial charge on any atom is -0.465 e.